The first-order valence-electron chi connectivity index (χ1n) is 18.1. The zero-order valence-corrected chi connectivity index (χ0v) is 30.9. The van der Waals surface area contributed by atoms with Crippen LogP contribution in [0.5, 0.6) is 5.75 Å². The number of aryl methyl sites for hydroxylation is 1. The van der Waals surface area contributed by atoms with Crippen LogP contribution in [0.15, 0.2) is 82.0 Å². The Labute approximate surface area is 320 Å². The van der Waals surface area contributed by atoms with Crippen molar-refractivity contribution in [1.29, 1.82) is 5.26 Å². The fourth-order valence-corrected chi connectivity index (χ4v) is 7.17. The first kappa shape index (κ1) is 36.5. The fraction of sp³-hybridized carbons (Fsp3) is 0.262. The number of rotatable bonds is 12. The highest BCUT2D eigenvalue weighted by Gasteiger charge is 2.25. The van der Waals surface area contributed by atoms with E-state index in [1.165, 1.54) is 6.07 Å². The van der Waals surface area contributed by atoms with E-state index in [1.807, 2.05) is 80.2 Å². The zero-order chi connectivity index (χ0) is 38.9. The molecule has 1 aliphatic rings. The van der Waals surface area contributed by atoms with Gasteiger partial charge in [-0.05, 0) is 91.4 Å². The maximum atomic E-state index is 13.4. The third-order valence-electron chi connectivity index (χ3n) is 9.98. The van der Waals surface area contributed by atoms with Crippen molar-refractivity contribution in [2.75, 3.05) is 6.54 Å². The number of nitrogens with one attached hydrogen (secondary N) is 2. The predicted octanol–water partition coefficient (Wildman–Crippen LogP) is 7.88. The van der Waals surface area contributed by atoms with E-state index in [1.54, 1.807) is 12.4 Å². The van der Waals surface area contributed by atoms with Crippen LogP contribution in [0, 0.1) is 25.2 Å². The monoisotopic (exact) mass is 757 g/mol. The highest BCUT2D eigenvalue weighted by Crippen LogP contribution is 2.39. The number of aromatic nitrogens is 4. The van der Waals surface area contributed by atoms with E-state index in [4.69, 9.17) is 28.3 Å². The van der Waals surface area contributed by atoms with Gasteiger partial charge in [-0.2, -0.15) is 14.0 Å². The SMILES string of the molecule is Cc1c(-c2nc3cc(COC(=O)[C@@H]4CCCN4)c(OC(F)F)cc3o2)cccc1-c1cccc(-c2nc3cc(CNCc4cn(C)cn4)cc(C#N)c3o2)c1C. The molecule has 1 fully saturated rings. The Morgan fingerprint density at radius 1 is 1.00 bits per heavy atom. The van der Waals surface area contributed by atoms with E-state index in [-0.39, 0.29) is 29.4 Å². The molecular formula is C42H37F2N7O5. The van der Waals surface area contributed by atoms with E-state index < -0.39 is 18.6 Å². The molecule has 56 heavy (non-hydrogen) atoms. The lowest BCUT2D eigenvalue weighted by molar-refractivity contribution is -0.147. The molecule has 8 rings (SSSR count). The topological polar surface area (TPSA) is 153 Å². The van der Waals surface area contributed by atoms with Crippen molar-refractivity contribution < 1.29 is 31.9 Å². The van der Waals surface area contributed by atoms with Crippen molar-refractivity contribution in [3.8, 4) is 45.9 Å². The third-order valence-corrected chi connectivity index (χ3v) is 9.98. The molecule has 284 valence electrons. The molecule has 14 heteroatoms. The Bertz CT molecular complexity index is 2630. The van der Waals surface area contributed by atoms with E-state index in [0.29, 0.717) is 53.1 Å². The minimum Gasteiger partial charge on any atom is -0.460 e. The summed E-state index contributed by atoms with van der Waals surface area (Å²) in [5.74, 6) is 0.0740. The number of oxazole rings is 2. The van der Waals surface area contributed by atoms with Crippen LogP contribution in [0.2, 0.25) is 0 Å². The molecule has 1 atom stereocenters. The molecule has 0 unspecified atom stereocenters. The summed E-state index contributed by atoms with van der Waals surface area (Å²) in [5, 5.41) is 16.4. The molecule has 0 amide bonds. The van der Waals surface area contributed by atoms with Crippen LogP contribution in [0.4, 0.5) is 8.78 Å². The van der Waals surface area contributed by atoms with Crippen molar-refractivity contribution in [2.24, 2.45) is 7.05 Å². The second-order valence-electron chi connectivity index (χ2n) is 13.8. The summed E-state index contributed by atoms with van der Waals surface area (Å²) in [6.45, 7) is 2.42. The van der Waals surface area contributed by atoms with Crippen LogP contribution in [0.3, 0.4) is 0 Å². The van der Waals surface area contributed by atoms with Gasteiger partial charge in [0.15, 0.2) is 11.2 Å². The van der Waals surface area contributed by atoms with Gasteiger partial charge in [0.05, 0.1) is 17.6 Å². The van der Waals surface area contributed by atoms with Crippen LogP contribution in [-0.4, -0.2) is 44.7 Å². The number of nitrogens with zero attached hydrogens (tertiary/aromatic N) is 5. The largest absolute Gasteiger partial charge is 0.460 e. The Hall–Kier alpha value is -6.43. The first-order valence-corrected chi connectivity index (χ1v) is 18.1. The Balaban J connectivity index is 1.08. The van der Waals surface area contributed by atoms with Gasteiger partial charge in [-0.3, -0.25) is 4.79 Å². The van der Waals surface area contributed by atoms with E-state index in [9.17, 15) is 18.8 Å². The zero-order valence-electron chi connectivity index (χ0n) is 30.9. The number of carbonyl (C=O) groups is 1. The first-order chi connectivity index (χ1) is 27.1. The summed E-state index contributed by atoms with van der Waals surface area (Å²) in [5.41, 5.74) is 9.19. The highest BCUT2D eigenvalue weighted by atomic mass is 19.3. The van der Waals surface area contributed by atoms with Crippen molar-refractivity contribution in [3.63, 3.8) is 0 Å². The quantitative estimate of drug-likeness (QED) is 0.117. The van der Waals surface area contributed by atoms with Gasteiger partial charge < -0.3 is 33.5 Å². The van der Waals surface area contributed by atoms with Crippen LogP contribution >= 0.6 is 0 Å². The molecule has 1 aliphatic heterocycles. The molecule has 0 spiro atoms. The van der Waals surface area contributed by atoms with Crippen molar-refractivity contribution in [1.82, 2.24) is 30.2 Å². The van der Waals surface area contributed by atoms with E-state index in [2.05, 4.69) is 21.7 Å². The molecule has 12 nitrogen and oxygen atoms in total. The molecule has 4 aromatic carbocycles. The average molecular weight is 758 g/mol. The Morgan fingerprint density at radius 2 is 1.71 bits per heavy atom. The summed E-state index contributed by atoms with van der Waals surface area (Å²) in [4.78, 5) is 26.4. The lowest BCUT2D eigenvalue weighted by Gasteiger charge is -2.14. The van der Waals surface area contributed by atoms with Crippen molar-refractivity contribution in [2.45, 2.75) is 59.0 Å². The summed E-state index contributed by atoms with van der Waals surface area (Å²) in [6, 6.07) is 20.1. The van der Waals surface area contributed by atoms with Gasteiger partial charge in [0.25, 0.3) is 0 Å². The normalized spacial score (nSPS) is 14.2. The van der Waals surface area contributed by atoms with Gasteiger partial charge in [0.2, 0.25) is 11.8 Å². The number of fused-ring (bicyclic) bond motifs is 2. The number of carbonyl (C=O) groups excluding carboxylic acids is 1. The smallest absolute Gasteiger partial charge is 0.387 e. The van der Waals surface area contributed by atoms with Gasteiger partial charge >= 0.3 is 12.6 Å². The van der Waals surface area contributed by atoms with Gasteiger partial charge in [-0.1, -0.05) is 24.3 Å². The van der Waals surface area contributed by atoms with Crippen LogP contribution in [0.1, 0.15) is 46.4 Å². The number of hydrogen-bond acceptors (Lipinski definition) is 11. The van der Waals surface area contributed by atoms with Crippen molar-refractivity contribution >= 4 is 28.2 Å². The van der Waals surface area contributed by atoms with Crippen LogP contribution < -0.4 is 15.4 Å². The maximum Gasteiger partial charge on any atom is 0.387 e. The number of alkyl halides is 2. The molecule has 0 aliphatic carbocycles. The lowest BCUT2D eigenvalue weighted by atomic mass is 9.91. The molecule has 0 bridgehead atoms. The summed E-state index contributed by atoms with van der Waals surface area (Å²) in [6.07, 6.45) is 5.21. The molecule has 3 aromatic heterocycles. The Morgan fingerprint density at radius 3 is 2.38 bits per heavy atom. The molecule has 0 radical (unpaired) electrons. The third kappa shape index (κ3) is 7.34. The minimum absolute atomic E-state index is 0.158. The number of ether oxygens (including phenoxy) is 2. The fourth-order valence-electron chi connectivity index (χ4n) is 7.17. The van der Waals surface area contributed by atoms with Gasteiger partial charge in [0, 0.05) is 49.1 Å². The molecule has 1 saturated heterocycles. The Kier molecular flexibility index (Phi) is 10.0. The lowest BCUT2D eigenvalue weighted by Crippen LogP contribution is -2.32. The van der Waals surface area contributed by atoms with E-state index in [0.717, 1.165) is 52.0 Å². The molecule has 2 N–H and O–H groups in total. The number of nitriles is 1. The second kappa shape index (κ2) is 15.4. The maximum absolute atomic E-state index is 13.4. The minimum atomic E-state index is -3.09. The summed E-state index contributed by atoms with van der Waals surface area (Å²) >= 11 is 0. The predicted molar refractivity (Wildman–Crippen MR) is 203 cm³/mol. The summed E-state index contributed by atoms with van der Waals surface area (Å²) in [7, 11) is 1.92. The molecule has 7 aromatic rings. The number of halogens is 2. The number of esters is 1. The highest BCUT2D eigenvalue weighted by molar-refractivity contribution is 5.86. The molecule has 4 heterocycles. The standard InChI is InChI=1S/C42H37F2N7O5/c1-23-29(7-4-9-31(23)39-49-34-15-27(21-53-41(52)33-11-6-12-47-33)36(55-42(43)44)16-37(34)54-39)30-8-5-10-32(24(30)2)40-50-35-14-25(13-26(17-45)38(35)56-40)18-46-19-28-20-51(3)22-48-28/h4-5,7-10,13-16,20,22,33,42,46-47H,6,11-12,18-19,21H2,1-3H3/t33-/m0/s1. The van der Waals surface area contributed by atoms with Gasteiger partial charge in [-0.25, -0.2) is 15.0 Å². The number of benzene rings is 4. The number of imidazole rings is 1. The van der Waals surface area contributed by atoms with E-state index >= 15 is 0 Å². The van der Waals surface area contributed by atoms with Crippen LogP contribution in [-0.2, 0) is 36.3 Å². The van der Waals surface area contributed by atoms with Gasteiger partial charge in [-0.15, -0.1) is 0 Å². The molecular weight excluding hydrogens is 721 g/mol. The number of hydrogen-bond donors (Lipinski definition) is 2. The second-order valence-corrected chi connectivity index (χ2v) is 13.8. The van der Waals surface area contributed by atoms with Crippen molar-refractivity contribution in [3.05, 3.63) is 107 Å². The van der Waals surface area contributed by atoms with Gasteiger partial charge in [0.1, 0.15) is 35.5 Å². The molecule has 0 saturated carbocycles. The summed E-state index contributed by atoms with van der Waals surface area (Å²) < 4.78 is 51.4. The average Bonchev–Trinajstić information content (AvgIpc) is 4.01. The van der Waals surface area contributed by atoms with Crippen LogP contribution in [0.25, 0.3) is 56.2 Å².